The smallest absolute Gasteiger partial charge is 0.257 e. The van der Waals surface area contributed by atoms with Crippen molar-refractivity contribution in [1.82, 2.24) is 10.3 Å². The van der Waals surface area contributed by atoms with Crippen LogP contribution < -0.4 is 15.8 Å². The molecule has 0 aliphatic carbocycles. The molecule has 0 radical (unpaired) electrons. The van der Waals surface area contributed by atoms with Crippen LogP contribution in [0.25, 0.3) is 11.3 Å². The van der Waals surface area contributed by atoms with Crippen LogP contribution in [0.5, 0.6) is 5.75 Å². The van der Waals surface area contributed by atoms with Crippen molar-refractivity contribution in [2.75, 3.05) is 18.9 Å². The van der Waals surface area contributed by atoms with Crippen LogP contribution in [0.2, 0.25) is 0 Å². The summed E-state index contributed by atoms with van der Waals surface area (Å²) < 4.78 is 5.51. The Morgan fingerprint density at radius 3 is 2.56 bits per heavy atom. The van der Waals surface area contributed by atoms with Crippen molar-refractivity contribution >= 4 is 22.4 Å². The zero-order valence-electron chi connectivity index (χ0n) is 13.6. The molecule has 0 saturated carbocycles. The predicted molar refractivity (Wildman–Crippen MR) is 101 cm³/mol. The maximum absolute atomic E-state index is 11.8. The first-order chi connectivity index (χ1) is 12.2. The molecule has 0 aliphatic heterocycles. The second kappa shape index (κ2) is 8.30. The SMILES string of the molecule is Nc1nc(-c2ccc(OCC(=O)NCCc3ccccc3)cc2)cs1. The van der Waals surface area contributed by atoms with Crippen LogP contribution >= 0.6 is 11.3 Å². The summed E-state index contributed by atoms with van der Waals surface area (Å²) in [5, 5.41) is 5.31. The highest BCUT2D eigenvalue weighted by Crippen LogP contribution is 2.24. The van der Waals surface area contributed by atoms with E-state index in [1.54, 1.807) is 0 Å². The summed E-state index contributed by atoms with van der Waals surface area (Å²) >= 11 is 1.41. The van der Waals surface area contributed by atoms with Gasteiger partial charge in [0.05, 0.1) is 5.69 Å². The zero-order valence-corrected chi connectivity index (χ0v) is 14.5. The third-order valence-electron chi connectivity index (χ3n) is 3.62. The first-order valence-corrected chi connectivity index (χ1v) is 8.83. The zero-order chi connectivity index (χ0) is 17.5. The van der Waals surface area contributed by atoms with E-state index in [-0.39, 0.29) is 12.5 Å². The summed E-state index contributed by atoms with van der Waals surface area (Å²) in [5.74, 6) is 0.512. The average Bonchev–Trinajstić information content (AvgIpc) is 3.08. The second-order valence-electron chi connectivity index (χ2n) is 5.47. The van der Waals surface area contributed by atoms with E-state index in [0.717, 1.165) is 17.7 Å². The molecule has 0 fully saturated rings. The molecule has 1 amide bonds. The van der Waals surface area contributed by atoms with Crippen LogP contribution in [-0.4, -0.2) is 24.0 Å². The lowest BCUT2D eigenvalue weighted by atomic mass is 10.1. The van der Waals surface area contributed by atoms with Crippen molar-refractivity contribution in [1.29, 1.82) is 0 Å². The van der Waals surface area contributed by atoms with Gasteiger partial charge in [-0.3, -0.25) is 4.79 Å². The molecule has 3 aromatic rings. The van der Waals surface area contributed by atoms with Crippen molar-refractivity contribution in [2.45, 2.75) is 6.42 Å². The summed E-state index contributed by atoms with van der Waals surface area (Å²) in [4.78, 5) is 16.1. The van der Waals surface area contributed by atoms with Gasteiger partial charge in [-0.25, -0.2) is 4.98 Å². The summed E-state index contributed by atoms with van der Waals surface area (Å²) in [7, 11) is 0. The van der Waals surface area contributed by atoms with Gasteiger partial charge in [0.25, 0.3) is 5.91 Å². The summed E-state index contributed by atoms with van der Waals surface area (Å²) in [6, 6.07) is 17.5. The number of hydrogen-bond donors (Lipinski definition) is 2. The molecule has 0 atom stereocenters. The van der Waals surface area contributed by atoms with Gasteiger partial charge in [0.15, 0.2) is 11.7 Å². The molecule has 1 heterocycles. The Labute approximate surface area is 150 Å². The van der Waals surface area contributed by atoms with Crippen molar-refractivity contribution in [2.24, 2.45) is 0 Å². The summed E-state index contributed by atoms with van der Waals surface area (Å²) in [6.07, 6.45) is 0.804. The quantitative estimate of drug-likeness (QED) is 0.684. The van der Waals surface area contributed by atoms with Crippen LogP contribution in [0, 0.1) is 0 Å². The third kappa shape index (κ3) is 5.06. The van der Waals surface area contributed by atoms with Crippen molar-refractivity contribution < 1.29 is 9.53 Å². The molecule has 6 heteroatoms. The van der Waals surface area contributed by atoms with E-state index < -0.39 is 0 Å². The first-order valence-electron chi connectivity index (χ1n) is 7.95. The minimum absolute atomic E-state index is 0.00220. The molecule has 25 heavy (non-hydrogen) atoms. The van der Waals surface area contributed by atoms with Crippen LogP contribution in [0.1, 0.15) is 5.56 Å². The fraction of sp³-hybridized carbons (Fsp3) is 0.158. The highest BCUT2D eigenvalue weighted by molar-refractivity contribution is 7.13. The standard InChI is InChI=1S/C19H19N3O2S/c20-19-22-17(13-25-19)15-6-8-16(9-7-15)24-12-18(23)21-11-10-14-4-2-1-3-5-14/h1-9,13H,10-12H2,(H2,20,22)(H,21,23). The Bertz CT molecular complexity index is 816. The van der Waals surface area contributed by atoms with Crippen molar-refractivity contribution in [3.05, 3.63) is 65.5 Å². The Hall–Kier alpha value is -2.86. The number of nitrogens with two attached hydrogens (primary N) is 1. The van der Waals surface area contributed by atoms with E-state index in [0.29, 0.717) is 17.4 Å². The molecule has 0 spiro atoms. The van der Waals surface area contributed by atoms with Crippen LogP contribution in [-0.2, 0) is 11.2 Å². The van der Waals surface area contributed by atoms with Gasteiger partial charge in [-0.15, -0.1) is 11.3 Å². The molecular formula is C19H19N3O2S. The maximum atomic E-state index is 11.8. The van der Waals surface area contributed by atoms with Crippen molar-refractivity contribution in [3.63, 3.8) is 0 Å². The molecule has 0 saturated heterocycles. The van der Waals surface area contributed by atoms with E-state index in [9.17, 15) is 4.79 Å². The first kappa shape index (κ1) is 17.0. The summed E-state index contributed by atoms with van der Waals surface area (Å²) in [5.41, 5.74) is 8.64. The third-order valence-corrected chi connectivity index (χ3v) is 4.29. The Morgan fingerprint density at radius 1 is 1.12 bits per heavy atom. The number of hydrogen-bond acceptors (Lipinski definition) is 5. The normalized spacial score (nSPS) is 10.4. The minimum Gasteiger partial charge on any atom is -0.484 e. The Balaban J connectivity index is 1.42. The Kier molecular flexibility index (Phi) is 5.64. The number of benzene rings is 2. The fourth-order valence-corrected chi connectivity index (χ4v) is 2.91. The van der Waals surface area contributed by atoms with E-state index >= 15 is 0 Å². The number of anilines is 1. The lowest BCUT2D eigenvalue weighted by Crippen LogP contribution is -2.30. The monoisotopic (exact) mass is 353 g/mol. The average molecular weight is 353 g/mol. The van der Waals surface area contributed by atoms with Crippen LogP contribution in [0.3, 0.4) is 0 Å². The second-order valence-corrected chi connectivity index (χ2v) is 6.36. The molecule has 1 aromatic heterocycles. The number of carbonyl (C=O) groups is 1. The topological polar surface area (TPSA) is 77.2 Å². The van der Waals surface area contributed by atoms with E-state index in [1.807, 2.05) is 60.0 Å². The minimum atomic E-state index is -0.132. The molecule has 0 bridgehead atoms. The Morgan fingerprint density at radius 2 is 1.88 bits per heavy atom. The fourth-order valence-electron chi connectivity index (χ4n) is 2.33. The molecule has 3 rings (SSSR count). The van der Waals surface area contributed by atoms with Gasteiger partial charge in [-0.05, 0) is 36.2 Å². The largest absolute Gasteiger partial charge is 0.484 e. The van der Waals surface area contributed by atoms with E-state index in [2.05, 4.69) is 10.3 Å². The predicted octanol–water partition coefficient (Wildman–Crippen LogP) is 3.13. The number of aromatic nitrogens is 1. The number of nitrogens with one attached hydrogen (secondary N) is 1. The van der Waals surface area contributed by atoms with Crippen molar-refractivity contribution in [3.8, 4) is 17.0 Å². The van der Waals surface area contributed by atoms with Crippen LogP contribution in [0.4, 0.5) is 5.13 Å². The number of thiazole rings is 1. The summed E-state index contributed by atoms with van der Waals surface area (Å²) in [6.45, 7) is 0.591. The molecule has 5 nitrogen and oxygen atoms in total. The maximum Gasteiger partial charge on any atom is 0.257 e. The lowest BCUT2D eigenvalue weighted by Gasteiger charge is -2.08. The van der Waals surface area contributed by atoms with Gasteiger partial charge in [0.1, 0.15) is 5.75 Å². The number of nitrogen functional groups attached to an aromatic ring is 1. The lowest BCUT2D eigenvalue weighted by molar-refractivity contribution is -0.123. The molecule has 0 unspecified atom stereocenters. The number of ether oxygens (including phenoxy) is 1. The van der Waals surface area contributed by atoms with E-state index in [4.69, 9.17) is 10.5 Å². The highest BCUT2D eigenvalue weighted by Gasteiger charge is 2.05. The number of nitrogens with zero attached hydrogens (tertiary/aromatic N) is 1. The van der Waals surface area contributed by atoms with Gasteiger partial charge < -0.3 is 15.8 Å². The molecule has 2 aromatic carbocycles. The molecular weight excluding hydrogens is 334 g/mol. The van der Waals surface area contributed by atoms with Gasteiger partial charge in [0, 0.05) is 17.5 Å². The number of amides is 1. The number of rotatable bonds is 7. The van der Waals surface area contributed by atoms with Gasteiger partial charge in [-0.1, -0.05) is 30.3 Å². The molecule has 0 aliphatic rings. The molecule has 128 valence electrons. The van der Waals surface area contributed by atoms with Gasteiger partial charge in [-0.2, -0.15) is 0 Å². The van der Waals surface area contributed by atoms with Crippen LogP contribution in [0.15, 0.2) is 60.0 Å². The van der Waals surface area contributed by atoms with E-state index in [1.165, 1.54) is 16.9 Å². The van der Waals surface area contributed by atoms with Gasteiger partial charge >= 0.3 is 0 Å². The van der Waals surface area contributed by atoms with Gasteiger partial charge in [0.2, 0.25) is 0 Å². The highest BCUT2D eigenvalue weighted by atomic mass is 32.1. The molecule has 3 N–H and O–H groups in total. The number of carbonyl (C=O) groups excluding carboxylic acids is 1.